The molecule has 0 fully saturated rings. The van der Waals surface area contributed by atoms with E-state index in [0.29, 0.717) is 6.54 Å². The van der Waals surface area contributed by atoms with Crippen molar-refractivity contribution in [3.63, 3.8) is 0 Å². The van der Waals surface area contributed by atoms with Gasteiger partial charge < -0.3 is 16.0 Å². The highest BCUT2D eigenvalue weighted by Gasteiger charge is 1.96. The molecule has 0 aliphatic carbocycles. The maximum absolute atomic E-state index is 10.7. The quantitative estimate of drug-likeness (QED) is 0.552. The number of carbonyl (C=O) groups is 1. The smallest absolute Gasteiger partial charge is 0.234 e. The molecule has 0 aliphatic rings. The van der Waals surface area contributed by atoms with Gasteiger partial charge in [-0.05, 0) is 11.6 Å². The molecule has 0 saturated carbocycles. The van der Waals surface area contributed by atoms with Gasteiger partial charge in [-0.3, -0.25) is 4.79 Å². The Hall–Kier alpha value is -1.29. The van der Waals surface area contributed by atoms with Crippen LogP contribution in [0.15, 0.2) is 18.5 Å². The van der Waals surface area contributed by atoms with E-state index in [4.69, 9.17) is 5.73 Å². The number of carbonyl (C=O) groups excluding carboxylic acids is 1. The van der Waals surface area contributed by atoms with Crippen molar-refractivity contribution in [2.24, 2.45) is 5.73 Å². The van der Waals surface area contributed by atoms with Crippen molar-refractivity contribution >= 4 is 5.91 Å². The van der Waals surface area contributed by atoms with E-state index >= 15 is 0 Å². The average Bonchev–Trinajstić information content (AvgIpc) is 2.52. The van der Waals surface area contributed by atoms with Crippen LogP contribution in [0.5, 0.6) is 0 Å². The van der Waals surface area contributed by atoms with Crippen LogP contribution in [0.2, 0.25) is 0 Å². The van der Waals surface area contributed by atoms with Crippen molar-refractivity contribution in [1.82, 2.24) is 10.3 Å². The third-order valence-electron chi connectivity index (χ3n) is 1.34. The van der Waals surface area contributed by atoms with Crippen LogP contribution in [0, 0.1) is 0 Å². The fourth-order valence-electron chi connectivity index (χ4n) is 0.741. The number of nitrogens with two attached hydrogens (primary N) is 1. The highest BCUT2D eigenvalue weighted by atomic mass is 16.1. The van der Waals surface area contributed by atoms with Crippen LogP contribution in [-0.4, -0.2) is 17.4 Å². The summed E-state index contributed by atoms with van der Waals surface area (Å²) in [7, 11) is 0. The van der Waals surface area contributed by atoms with Gasteiger partial charge in [-0.15, -0.1) is 0 Å². The predicted octanol–water partition coefficient (Wildman–Crippen LogP) is -0.410. The monoisotopic (exact) mass is 153 g/mol. The molecular formula is C7H11N3O. The van der Waals surface area contributed by atoms with E-state index in [1.54, 1.807) is 0 Å². The first-order chi connectivity index (χ1) is 5.33. The van der Waals surface area contributed by atoms with Crippen LogP contribution in [-0.2, 0) is 11.3 Å². The molecule has 0 spiro atoms. The molecule has 1 aromatic rings. The number of amides is 1. The largest absolute Gasteiger partial charge is 0.367 e. The number of hydrogen-bond acceptors (Lipinski definition) is 2. The molecule has 0 bridgehead atoms. The first-order valence-corrected chi connectivity index (χ1v) is 3.41. The minimum atomic E-state index is -0.133. The number of rotatable bonds is 3. The summed E-state index contributed by atoms with van der Waals surface area (Å²) in [4.78, 5) is 13.5. The van der Waals surface area contributed by atoms with Gasteiger partial charge in [0.1, 0.15) is 0 Å². The molecule has 4 nitrogen and oxygen atoms in total. The predicted molar refractivity (Wildman–Crippen MR) is 41.7 cm³/mol. The lowest BCUT2D eigenvalue weighted by molar-refractivity contribution is -0.119. The van der Waals surface area contributed by atoms with Gasteiger partial charge in [-0.1, -0.05) is 0 Å². The molecule has 0 saturated heterocycles. The highest BCUT2D eigenvalue weighted by molar-refractivity contribution is 5.77. The molecule has 4 N–H and O–H groups in total. The van der Waals surface area contributed by atoms with Crippen molar-refractivity contribution in [3.05, 3.63) is 24.0 Å². The molecule has 0 aromatic carbocycles. The molecule has 0 radical (unpaired) electrons. The minimum Gasteiger partial charge on any atom is -0.367 e. The minimum absolute atomic E-state index is 0.0461. The summed E-state index contributed by atoms with van der Waals surface area (Å²) >= 11 is 0. The second-order valence-corrected chi connectivity index (χ2v) is 2.20. The van der Waals surface area contributed by atoms with Crippen molar-refractivity contribution in [2.75, 3.05) is 6.54 Å². The zero-order valence-corrected chi connectivity index (χ0v) is 6.13. The average molecular weight is 153 g/mol. The van der Waals surface area contributed by atoms with Crippen LogP contribution in [0.1, 0.15) is 5.56 Å². The number of H-pyrrole nitrogens is 1. The number of aromatic amines is 1. The van der Waals surface area contributed by atoms with Crippen LogP contribution in [0.4, 0.5) is 0 Å². The summed E-state index contributed by atoms with van der Waals surface area (Å²) in [5, 5.41) is 2.65. The van der Waals surface area contributed by atoms with Gasteiger partial charge in [0.25, 0.3) is 0 Å². The standard InChI is InChI=1S/C7H11N3O/c8-3-7(11)10-5-6-1-2-9-4-6/h1-2,4,9H,3,5,8H2,(H,10,11). The molecule has 0 unspecified atom stereocenters. The summed E-state index contributed by atoms with van der Waals surface area (Å²) in [6.45, 7) is 0.587. The first kappa shape index (κ1) is 7.81. The Morgan fingerprint density at radius 1 is 1.73 bits per heavy atom. The fourth-order valence-corrected chi connectivity index (χ4v) is 0.741. The fraction of sp³-hybridized carbons (Fsp3) is 0.286. The Morgan fingerprint density at radius 3 is 3.09 bits per heavy atom. The Labute approximate surface area is 64.8 Å². The van der Waals surface area contributed by atoms with E-state index in [0.717, 1.165) is 5.56 Å². The van der Waals surface area contributed by atoms with E-state index < -0.39 is 0 Å². The second-order valence-electron chi connectivity index (χ2n) is 2.20. The Balaban J connectivity index is 2.29. The van der Waals surface area contributed by atoms with E-state index in [9.17, 15) is 4.79 Å². The lowest BCUT2D eigenvalue weighted by atomic mass is 10.3. The molecule has 1 heterocycles. The zero-order chi connectivity index (χ0) is 8.10. The molecule has 1 rings (SSSR count). The van der Waals surface area contributed by atoms with E-state index in [-0.39, 0.29) is 12.5 Å². The van der Waals surface area contributed by atoms with Gasteiger partial charge in [-0.25, -0.2) is 0 Å². The third kappa shape index (κ3) is 2.43. The molecule has 0 atom stereocenters. The number of hydrogen-bond donors (Lipinski definition) is 3. The first-order valence-electron chi connectivity index (χ1n) is 3.41. The van der Waals surface area contributed by atoms with Crippen molar-refractivity contribution in [1.29, 1.82) is 0 Å². The van der Waals surface area contributed by atoms with Gasteiger partial charge in [0.15, 0.2) is 0 Å². The zero-order valence-electron chi connectivity index (χ0n) is 6.13. The topological polar surface area (TPSA) is 70.9 Å². The Kier molecular flexibility index (Phi) is 2.68. The number of aromatic nitrogens is 1. The highest BCUT2D eigenvalue weighted by Crippen LogP contribution is 1.93. The SMILES string of the molecule is NCC(=O)NCc1cc[nH]c1. The van der Waals surface area contributed by atoms with Crippen LogP contribution < -0.4 is 11.1 Å². The molecular weight excluding hydrogens is 142 g/mol. The maximum Gasteiger partial charge on any atom is 0.234 e. The summed E-state index contributed by atoms with van der Waals surface area (Å²) < 4.78 is 0. The van der Waals surface area contributed by atoms with Gasteiger partial charge >= 0.3 is 0 Å². The summed E-state index contributed by atoms with van der Waals surface area (Å²) in [5.41, 5.74) is 6.14. The second kappa shape index (κ2) is 3.78. The molecule has 60 valence electrons. The van der Waals surface area contributed by atoms with Crippen molar-refractivity contribution in [3.8, 4) is 0 Å². The lowest BCUT2D eigenvalue weighted by Crippen LogP contribution is -2.29. The molecule has 0 aliphatic heterocycles. The summed E-state index contributed by atoms with van der Waals surface area (Å²) in [6.07, 6.45) is 3.64. The number of nitrogens with one attached hydrogen (secondary N) is 2. The van der Waals surface area contributed by atoms with Crippen molar-refractivity contribution in [2.45, 2.75) is 6.54 Å². The van der Waals surface area contributed by atoms with E-state index in [1.807, 2.05) is 18.5 Å². The maximum atomic E-state index is 10.7. The van der Waals surface area contributed by atoms with E-state index in [2.05, 4.69) is 10.3 Å². The van der Waals surface area contributed by atoms with Crippen LogP contribution in [0.3, 0.4) is 0 Å². The van der Waals surface area contributed by atoms with Gasteiger partial charge in [0, 0.05) is 18.9 Å². The van der Waals surface area contributed by atoms with Gasteiger partial charge in [-0.2, -0.15) is 0 Å². The third-order valence-corrected chi connectivity index (χ3v) is 1.34. The lowest BCUT2D eigenvalue weighted by Gasteiger charge is -1.99. The molecule has 11 heavy (non-hydrogen) atoms. The summed E-state index contributed by atoms with van der Waals surface area (Å²) in [6, 6.07) is 1.90. The molecule has 1 aromatic heterocycles. The Bertz CT molecular complexity index is 218. The van der Waals surface area contributed by atoms with Crippen LogP contribution in [0.25, 0.3) is 0 Å². The molecule has 1 amide bonds. The summed E-state index contributed by atoms with van der Waals surface area (Å²) in [5.74, 6) is -0.133. The van der Waals surface area contributed by atoms with Crippen LogP contribution >= 0.6 is 0 Å². The van der Waals surface area contributed by atoms with Gasteiger partial charge in [0.2, 0.25) is 5.91 Å². The molecule has 4 heteroatoms. The van der Waals surface area contributed by atoms with E-state index in [1.165, 1.54) is 0 Å². The normalized spacial score (nSPS) is 9.55. The Morgan fingerprint density at radius 2 is 2.55 bits per heavy atom. The van der Waals surface area contributed by atoms with Crippen molar-refractivity contribution < 1.29 is 4.79 Å². The van der Waals surface area contributed by atoms with Gasteiger partial charge in [0.05, 0.1) is 6.54 Å².